The van der Waals surface area contributed by atoms with E-state index in [0.717, 1.165) is 24.9 Å². The highest BCUT2D eigenvalue weighted by atomic mass is 16.4. The van der Waals surface area contributed by atoms with Crippen molar-refractivity contribution in [3.8, 4) is 0 Å². The highest BCUT2D eigenvalue weighted by molar-refractivity contribution is 5.89. The molecule has 1 aromatic carbocycles. The number of carboxylic acid groups (broad SMARTS) is 1. The van der Waals surface area contributed by atoms with Gasteiger partial charge in [-0.2, -0.15) is 0 Å². The standard InChI is InChI=1S/C19H24N2O4/c1-12(19(24)25)17(14-5-3-2-4-6-14)20-18(23)15-9-16(22)21(11-15)10-13-7-8-13/h2-6,12-13,15,17H,7-11H2,1H3,(H,20,23)(H,24,25)/t12-,15+,17-/m0/s1. The van der Waals surface area contributed by atoms with Crippen molar-refractivity contribution in [1.29, 1.82) is 0 Å². The van der Waals surface area contributed by atoms with Crippen molar-refractivity contribution in [2.45, 2.75) is 32.2 Å². The minimum absolute atomic E-state index is 0.0228. The second-order valence-electron chi connectivity index (χ2n) is 7.17. The Morgan fingerprint density at radius 2 is 1.96 bits per heavy atom. The van der Waals surface area contributed by atoms with Crippen LogP contribution in [0, 0.1) is 17.8 Å². The van der Waals surface area contributed by atoms with E-state index in [1.165, 1.54) is 0 Å². The molecule has 2 aliphatic rings. The van der Waals surface area contributed by atoms with E-state index in [-0.39, 0.29) is 18.2 Å². The number of rotatable bonds is 7. The van der Waals surface area contributed by atoms with Crippen LogP contribution in [0.4, 0.5) is 0 Å². The van der Waals surface area contributed by atoms with Gasteiger partial charge < -0.3 is 15.3 Å². The number of carboxylic acids is 1. The molecular weight excluding hydrogens is 320 g/mol. The SMILES string of the molecule is C[C@H](C(=O)O)[C@H](NC(=O)[C@@H]1CC(=O)N(CC2CC2)C1)c1ccccc1. The molecule has 6 heteroatoms. The van der Waals surface area contributed by atoms with Gasteiger partial charge in [-0.1, -0.05) is 30.3 Å². The fourth-order valence-electron chi connectivity index (χ4n) is 3.31. The highest BCUT2D eigenvalue weighted by Gasteiger charge is 2.38. The van der Waals surface area contributed by atoms with Crippen LogP contribution >= 0.6 is 0 Å². The van der Waals surface area contributed by atoms with E-state index >= 15 is 0 Å². The summed E-state index contributed by atoms with van der Waals surface area (Å²) in [6.45, 7) is 2.76. The number of hydrogen-bond acceptors (Lipinski definition) is 3. The summed E-state index contributed by atoms with van der Waals surface area (Å²) in [6, 6.07) is 8.49. The molecule has 2 fully saturated rings. The van der Waals surface area contributed by atoms with Gasteiger partial charge in [-0.05, 0) is 31.2 Å². The van der Waals surface area contributed by atoms with Crippen molar-refractivity contribution in [1.82, 2.24) is 10.2 Å². The van der Waals surface area contributed by atoms with E-state index in [2.05, 4.69) is 5.32 Å². The molecule has 1 saturated carbocycles. The molecule has 6 nitrogen and oxygen atoms in total. The molecule has 134 valence electrons. The van der Waals surface area contributed by atoms with Crippen LogP contribution in [0.5, 0.6) is 0 Å². The average molecular weight is 344 g/mol. The lowest BCUT2D eigenvalue weighted by Gasteiger charge is -2.24. The largest absolute Gasteiger partial charge is 0.481 e. The molecule has 3 atom stereocenters. The third kappa shape index (κ3) is 4.18. The van der Waals surface area contributed by atoms with Crippen LogP contribution in [-0.4, -0.2) is 40.9 Å². The van der Waals surface area contributed by atoms with Crippen molar-refractivity contribution >= 4 is 17.8 Å². The quantitative estimate of drug-likeness (QED) is 0.790. The van der Waals surface area contributed by atoms with Gasteiger partial charge in [0, 0.05) is 19.5 Å². The van der Waals surface area contributed by atoms with Gasteiger partial charge in [0.1, 0.15) is 0 Å². The molecule has 0 bridgehead atoms. The molecule has 3 rings (SSSR count). The van der Waals surface area contributed by atoms with E-state index in [4.69, 9.17) is 0 Å². The summed E-state index contributed by atoms with van der Waals surface area (Å²) in [5, 5.41) is 12.2. The summed E-state index contributed by atoms with van der Waals surface area (Å²) in [6.07, 6.45) is 2.53. The first-order valence-electron chi connectivity index (χ1n) is 8.81. The van der Waals surface area contributed by atoms with Crippen LogP contribution in [0.1, 0.15) is 37.8 Å². The zero-order valence-corrected chi connectivity index (χ0v) is 14.4. The lowest BCUT2D eigenvalue weighted by atomic mass is 9.93. The Labute approximate surface area is 147 Å². The Balaban J connectivity index is 1.67. The van der Waals surface area contributed by atoms with Crippen molar-refractivity contribution in [3.63, 3.8) is 0 Å². The first-order valence-corrected chi connectivity index (χ1v) is 8.81. The molecule has 25 heavy (non-hydrogen) atoms. The normalized spacial score (nSPS) is 22.5. The lowest BCUT2D eigenvalue weighted by molar-refractivity contribution is -0.142. The number of benzene rings is 1. The Morgan fingerprint density at radius 1 is 1.28 bits per heavy atom. The van der Waals surface area contributed by atoms with Gasteiger partial charge in [-0.25, -0.2) is 0 Å². The number of carbonyl (C=O) groups is 3. The van der Waals surface area contributed by atoms with Gasteiger partial charge in [0.15, 0.2) is 0 Å². The summed E-state index contributed by atoms with van der Waals surface area (Å²) in [4.78, 5) is 38.0. The van der Waals surface area contributed by atoms with Crippen molar-refractivity contribution in [2.75, 3.05) is 13.1 Å². The van der Waals surface area contributed by atoms with Gasteiger partial charge >= 0.3 is 5.97 Å². The summed E-state index contributed by atoms with van der Waals surface area (Å²) in [7, 11) is 0. The van der Waals surface area contributed by atoms with Gasteiger partial charge in [0.25, 0.3) is 0 Å². The summed E-state index contributed by atoms with van der Waals surface area (Å²) < 4.78 is 0. The van der Waals surface area contributed by atoms with E-state index in [0.29, 0.717) is 12.5 Å². The molecule has 1 aromatic rings. The first kappa shape index (κ1) is 17.5. The van der Waals surface area contributed by atoms with E-state index in [9.17, 15) is 19.5 Å². The Bertz CT molecular complexity index is 657. The number of carbonyl (C=O) groups excluding carboxylic acids is 2. The molecule has 1 saturated heterocycles. The maximum atomic E-state index is 12.7. The van der Waals surface area contributed by atoms with Crippen LogP contribution in [-0.2, 0) is 14.4 Å². The van der Waals surface area contributed by atoms with Crippen molar-refractivity contribution in [2.24, 2.45) is 17.8 Å². The zero-order chi connectivity index (χ0) is 18.0. The Morgan fingerprint density at radius 3 is 2.56 bits per heavy atom. The Hall–Kier alpha value is -2.37. The zero-order valence-electron chi connectivity index (χ0n) is 14.4. The lowest BCUT2D eigenvalue weighted by Crippen LogP contribution is -2.39. The Kier molecular flexibility index (Phi) is 5.06. The highest BCUT2D eigenvalue weighted by Crippen LogP contribution is 2.32. The number of aliphatic carboxylic acids is 1. The summed E-state index contributed by atoms with van der Waals surface area (Å²) in [5.74, 6) is -1.76. The summed E-state index contributed by atoms with van der Waals surface area (Å²) >= 11 is 0. The fourth-order valence-corrected chi connectivity index (χ4v) is 3.31. The molecule has 0 unspecified atom stereocenters. The van der Waals surface area contributed by atoms with Crippen LogP contribution in [0.15, 0.2) is 30.3 Å². The number of likely N-dealkylation sites (tertiary alicyclic amines) is 1. The predicted molar refractivity (Wildman–Crippen MR) is 91.5 cm³/mol. The van der Waals surface area contributed by atoms with Gasteiger partial charge in [-0.15, -0.1) is 0 Å². The minimum Gasteiger partial charge on any atom is -0.481 e. The number of nitrogens with one attached hydrogen (secondary N) is 1. The number of hydrogen-bond donors (Lipinski definition) is 2. The fraction of sp³-hybridized carbons (Fsp3) is 0.526. The molecule has 2 amide bonds. The van der Waals surface area contributed by atoms with Crippen LogP contribution in [0.25, 0.3) is 0 Å². The summed E-state index contributed by atoms with van der Waals surface area (Å²) in [5.41, 5.74) is 0.755. The third-order valence-corrected chi connectivity index (χ3v) is 5.11. The predicted octanol–water partition coefficient (Wildman–Crippen LogP) is 1.82. The monoisotopic (exact) mass is 344 g/mol. The van der Waals surface area contributed by atoms with Crippen molar-refractivity contribution < 1.29 is 19.5 Å². The van der Waals surface area contributed by atoms with Crippen LogP contribution < -0.4 is 5.32 Å². The topological polar surface area (TPSA) is 86.7 Å². The average Bonchev–Trinajstić information content (AvgIpc) is 3.34. The maximum absolute atomic E-state index is 12.7. The second kappa shape index (κ2) is 7.25. The van der Waals surface area contributed by atoms with E-state index < -0.39 is 23.8 Å². The van der Waals surface area contributed by atoms with Crippen LogP contribution in [0.2, 0.25) is 0 Å². The smallest absolute Gasteiger partial charge is 0.308 e. The molecule has 1 aliphatic heterocycles. The van der Waals surface area contributed by atoms with Gasteiger partial charge in [0.2, 0.25) is 11.8 Å². The van der Waals surface area contributed by atoms with Gasteiger partial charge in [-0.3, -0.25) is 14.4 Å². The molecule has 1 aliphatic carbocycles. The van der Waals surface area contributed by atoms with Crippen LogP contribution in [0.3, 0.4) is 0 Å². The van der Waals surface area contributed by atoms with E-state index in [1.54, 1.807) is 11.8 Å². The van der Waals surface area contributed by atoms with E-state index in [1.807, 2.05) is 30.3 Å². The number of amides is 2. The molecule has 2 N–H and O–H groups in total. The third-order valence-electron chi connectivity index (χ3n) is 5.11. The molecule has 0 radical (unpaired) electrons. The molecule has 0 aromatic heterocycles. The number of nitrogens with zero attached hydrogens (tertiary/aromatic N) is 1. The molecule has 1 heterocycles. The first-order chi connectivity index (χ1) is 12.0. The van der Waals surface area contributed by atoms with Crippen molar-refractivity contribution in [3.05, 3.63) is 35.9 Å². The molecule has 0 spiro atoms. The minimum atomic E-state index is -0.966. The maximum Gasteiger partial charge on any atom is 0.308 e. The van der Waals surface area contributed by atoms with Gasteiger partial charge in [0.05, 0.1) is 17.9 Å². The second-order valence-corrected chi connectivity index (χ2v) is 7.17. The molecular formula is C19H24N2O4.